The van der Waals surface area contributed by atoms with Crippen molar-refractivity contribution < 1.29 is 13.2 Å². The average Bonchev–Trinajstić information content (AvgIpc) is 2.50. The SMILES string of the molecule is CC(C)CN(/C=C(/C#N)C(=O)Nc1ccc(S(N)(=O)=O)cc1)CC(C)C. The fraction of sp³-hybridized carbons (Fsp3) is 0.444. The monoisotopic (exact) mass is 378 g/mol. The molecule has 0 atom stereocenters. The molecule has 1 aromatic carbocycles. The van der Waals surface area contributed by atoms with Crippen LogP contribution in [0.4, 0.5) is 5.69 Å². The van der Waals surface area contributed by atoms with E-state index in [9.17, 15) is 18.5 Å². The van der Waals surface area contributed by atoms with Gasteiger partial charge in [0, 0.05) is 25.0 Å². The lowest BCUT2D eigenvalue weighted by Gasteiger charge is -2.25. The molecule has 0 aliphatic rings. The number of rotatable bonds is 8. The minimum Gasteiger partial charge on any atom is -0.376 e. The second-order valence-electron chi connectivity index (χ2n) is 6.92. The van der Waals surface area contributed by atoms with Crippen molar-refractivity contribution in [3.05, 3.63) is 36.0 Å². The molecular weight excluding hydrogens is 352 g/mol. The van der Waals surface area contributed by atoms with Crippen LogP contribution in [0.3, 0.4) is 0 Å². The van der Waals surface area contributed by atoms with Crippen LogP contribution in [0.2, 0.25) is 0 Å². The molecule has 0 spiro atoms. The number of anilines is 1. The number of nitrogens with two attached hydrogens (primary N) is 1. The van der Waals surface area contributed by atoms with E-state index in [0.717, 1.165) is 13.1 Å². The highest BCUT2D eigenvalue weighted by Gasteiger charge is 2.14. The van der Waals surface area contributed by atoms with E-state index in [1.807, 2.05) is 11.0 Å². The van der Waals surface area contributed by atoms with Gasteiger partial charge in [0.2, 0.25) is 10.0 Å². The predicted molar refractivity (Wildman–Crippen MR) is 101 cm³/mol. The highest BCUT2D eigenvalue weighted by atomic mass is 32.2. The topological polar surface area (TPSA) is 116 Å². The van der Waals surface area contributed by atoms with Crippen LogP contribution >= 0.6 is 0 Å². The van der Waals surface area contributed by atoms with Crippen molar-refractivity contribution in [2.45, 2.75) is 32.6 Å². The van der Waals surface area contributed by atoms with Crippen molar-refractivity contribution in [2.75, 3.05) is 18.4 Å². The molecule has 0 aromatic heterocycles. The first-order valence-corrected chi connectivity index (χ1v) is 9.87. The van der Waals surface area contributed by atoms with E-state index >= 15 is 0 Å². The Kier molecular flexibility index (Phi) is 7.80. The molecule has 1 amide bonds. The summed E-state index contributed by atoms with van der Waals surface area (Å²) in [6, 6.07) is 7.37. The number of carbonyl (C=O) groups excluding carboxylic acids is 1. The lowest BCUT2D eigenvalue weighted by Crippen LogP contribution is -2.28. The van der Waals surface area contributed by atoms with Crippen LogP contribution in [0.1, 0.15) is 27.7 Å². The first kappa shape index (κ1) is 21.7. The summed E-state index contributed by atoms with van der Waals surface area (Å²) < 4.78 is 22.5. The number of benzene rings is 1. The van der Waals surface area contributed by atoms with Crippen LogP contribution in [-0.4, -0.2) is 32.3 Å². The molecule has 0 bridgehead atoms. The maximum absolute atomic E-state index is 12.4. The van der Waals surface area contributed by atoms with E-state index in [4.69, 9.17) is 5.14 Å². The normalized spacial score (nSPS) is 12.2. The molecule has 3 N–H and O–H groups in total. The minimum absolute atomic E-state index is 0.0122. The van der Waals surface area contributed by atoms with E-state index in [0.29, 0.717) is 17.5 Å². The average molecular weight is 378 g/mol. The van der Waals surface area contributed by atoms with Crippen molar-refractivity contribution in [3.8, 4) is 6.07 Å². The number of nitriles is 1. The van der Waals surface area contributed by atoms with Gasteiger partial charge < -0.3 is 10.2 Å². The van der Waals surface area contributed by atoms with E-state index in [1.54, 1.807) is 6.20 Å². The Balaban J connectivity index is 2.95. The van der Waals surface area contributed by atoms with Gasteiger partial charge in [0.05, 0.1) is 4.90 Å². The van der Waals surface area contributed by atoms with Gasteiger partial charge in [0.25, 0.3) is 5.91 Å². The number of hydrogen-bond acceptors (Lipinski definition) is 5. The van der Waals surface area contributed by atoms with Crippen molar-refractivity contribution in [3.63, 3.8) is 0 Å². The van der Waals surface area contributed by atoms with Crippen molar-refractivity contribution >= 4 is 21.6 Å². The van der Waals surface area contributed by atoms with Crippen LogP contribution in [0.5, 0.6) is 0 Å². The van der Waals surface area contributed by atoms with E-state index in [-0.39, 0.29) is 10.5 Å². The largest absolute Gasteiger partial charge is 0.376 e. The summed E-state index contributed by atoms with van der Waals surface area (Å²) in [4.78, 5) is 14.3. The van der Waals surface area contributed by atoms with E-state index in [2.05, 4.69) is 33.0 Å². The standard InChI is InChI=1S/C18H26N4O3S/c1-13(2)10-22(11-14(3)4)12-15(9-19)18(23)21-16-5-7-17(8-6-16)26(20,24)25/h5-8,12-14H,10-11H2,1-4H3,(H,21,23)(H2,20,24,25)/b15-12-. The Morgan fingerprint density at radius 3 is 2.08 bits per heavy atom. The van der Waals surface area contributed by atoms with Gasteiger partial charge in [-0.15, -0.1) is 0 Å². The van der Waals surface area contributed by atoms with E-state index < -0.39 is 15.9 Å². The molecule has 0 unspecified atom stereocenters. The molecule has 142 valence electrons. The molecule has 7 nitrogen and oxygen atoms in total. The number of primary sulfonamides is 1. The molecule has 0 fully saturated rings. The van der Waals surface area contributed by atoms with Crippen molar-refractivity contribution in [1.29, 1.82) is 5.26 Å². The zero-order valence-corrected chi connectivity index (χ0v) is 16.4. The van der Waals surface area contributed by atoms with Crippen molar-refractivity contribution in [1.82, 2.24) is 4.90 Å². The Labute approximate surface area is 155 Å². The zero-order chi connectivity index (χ0) is 19.9. The fourth-order valence-corrected chi connectivity index (χ4v) is 2.88. The van der Waals surface area contributed by atoms with Gasteiger partial charge in [-0.2, -0.15) is 5.26 Å². The van der Waals surface area contributed by atoms with Gasteiger partial charge in [-0.05, 0) is 36.1 Å². The Hall–Kier alpha value is -2.37. The maximum atomic E-state index is 12.4. The third-order valence-corrected chi connectivity index (χ3v) is 4.25. The number of nitrogens with zero attached hydrogens (tertiary/aromatic N) is 2. The first-order valence-electron chi connectivity index (χ1n) is 8.33. The summed E-state index contributed by atoms with van der Waals surface area (Å²) in [5, 5.41) is 17.0. The molecule has 0 aliphatic carbocycles. The number of carbonyl (C=O) groups is 1. The highest BCUT2D eigenvalue weighted by molar-refractivity contribution is 7.89. The zero-order valence-electron chi connectivity index (χ0n) is 15.6. The Morgan fingerprint density at radius 1 is 1.19 bits per heavy atom. The second kappa shape index (κ2) is 9.36. The van der Waals surface area contributed by atoms with Gasteiger partial charge in [-0.25, -0.2) is 13.6 Å². The molecular formula is C18H26N4O3S. The minimum atomic E-state index is -3.79. The van der Waals surface area contributed by atoms with Crippen molar-refractivity contribution in [2.24, 2.45) is 17.0 Å². The molecule has 1 rings (SSSR count). The second-order valence-corrected chi connectivity index (χ2v) is 8.48. The first-order chi connectivity index (χ1) is 12.0. The Morgan fingerprint density at radius 2 is 1.69 bits per heavy atom. The van der Waals surface area contributed by atoms with Gasteiger partial charge >= 0.3 is 0 Å². The quantitative estimate of drug-likeness (QED) is 0.532. The lowest BCUT2D eigenvalue weighted by atomic mass is 10.1. The molecule has 0 radical (unpaired) electrons. The summed E-state index contributed by atoms with van der Waals surface area (Å²) in [5.74, 6) is 0.228. The predicted octanol–water partition coefficient (Wildman–Crippen LogP) is 2.29. The Bertz CT molecular complexity index is 781. The molecule has 1 aromatic rings. The van der Waals surface area contributed by atoms with Crippen LogP contribution in [0.25, 0.3) is 0 Å². The summed E-state index contributed by atoms with van der Waals surface area (Å²) in [7, 11) is -3.79. The third-order valence-electron chi connectivity index (χ3n) is 3.32. The van der Waals surface area contributed by atoms with Crippen LogP contribution in [0, 0.1) is 23.2 Å². The molecule has 26 heavy (non-hydrogen) atoms. The van der Waals surface area contributed by atoms with Gasteiger partial charge in [0.15, 0.2) is 0 Å². The molecule has 0 saturated carbocycles. The smallest absolute Gasteiger partial charge is 0.267 e. The lowest BCUT2D eigenvalue weighted by molar-refractivity contribution is -0.112. The van der Waals surface area contributed by atoms with Crippen LogP contribution in [0.15, 0.2) is 40.9 Å². The van der Waals surface area contributed by atoms with E-state index in [1.165, 1.54) is 24.3 Å². The highest BCUT2D eigenvalue weighted by Crippen LogP contribution is 2.14. The van der Waals surface area contributed by atoms with Gasteiger partial charge in [-0.1, -0.05) is 27.7 Å². The number of sulfonamides is 1. The summed E-state index contributed by atoms with van der Waals surface area (Å²) in [5.41, 5.74) is 0.365. The summed E-state index contributed by atoms with van der Waals surface area (Å²) >= 11 is 0. The molecule has 0 heterocycles. The summed E-state index contributed by atoms with van der Waals surface area (Å²) in [6.45, 7) is 9.75. The molecule has 0 saturated heterocycles. The fourth-order valence-electron chi connectivity index (χ4n) is 2.37. The number of hydrogen-bond donors (Lipinski definition) is 2. The number of amides is 1. The van der Waals surface area contributed by atoms with Gasteiger partial charge in [0.1, 0.15) is 11.6 Å². The van der Waals surface area contributed by atoms with Crippen LogP contribution in [-0.2, 0) is 14.8 Å². The van der Waals surface area contributed by atoms with Gasteiger partial charge in [-0.3, -0.25) is 4.79 Å². The third kappa shape index (κ3) is 7.25. The number of nitrogens with one attached hydrogen (secondary N) is 1. The molecule has 0 aliphatic heterocycles. The maximum Gasteiger partial charge on any atom is 0.267 e. The molecule has 8 heteroatoms. The van der Waals surface area contributed by atoms with Crippen LogP contribution < -0.4 is 10.5 Å². The summed E-state index contributed by atoms with van der Waals surface area (Å²) in [6.07, 6.45) is 1.58.